The van der Waals surface area contributed by atoms with Crippen LogP contribution in [0.25, 0.3) is 0 Å². The lowest BCUT2D eigenvalue weighted by Gasteiger charge is -2.21. The molecule has 3 rings (SSSR count). The maximum absolute atomic E-state index is 13.3. The average molecular weight is 426 g/mol. The van der Waals surface area contributed by atoms with Crippen LogP contribution >= 0.6 is 0 Å². The van der Waals surface area contributed by atoms with E-state index in [0.717, 1.165) is 37.5 Å². The molecule has 0 aromatic heterocycles. The molecule has 0 aliphatic heterocycles. The van der Waals surface area contributed by atoms with Crippen LogP contribution in [0.5, 0.6) is 0 Å². The fourth-order valence-electron chi connectivity index (χ4n) is 3.39. The van der Waals surface area contributed by atoms with Crippen molar-refractivity contribution in [3.8, 4) is 0 Å². The third-order valence-electron chi connectivity index (χ3n) is 4.94. The van der Waals surface area contributed by atoms with Gasteiger partial charge in [-0.2, -0.15) is 13.2 Å². The van der Waals surface area contributed by atoms with Crippen molar-refractivity contribution >= 4 is 23.2 Å². The van der Waals surface area contributed by atoms with E-state index in [1.807, 2.05) is 0 Å². The van der Waals surface area contributed by atoms with Gasteiger partial charge in [0, 0.05) is 22.9 Å². The Bertz CT molecular complexity index is 953. The Morgan fingerprint density at radius 1 is 0.833 bits per heavy atom. The number of hydrogen-bond donors (Lipinski definition) is 2. The van der Waals surface area contributed by atoms with Crippen molar-refractivity contribution in [2.45, 2.75) is 38.3 Å². The summed E-state index contributed by atoms with van der Waals surface area (Å²) in [6.45, 7) is 0. The molecule has 0 spiro atoms. The number of alkyl halides is 3. The first-order valence-electron chi connectivity index (χ1n) is 9.43. The second-order valence-corrected chi connectivity index (χ2v) is 7.20. The largest absolute Gasteiger partial charge is 0.416 e. The van der Waals surface area contributed by atoms with Gasteiger partial charge in [0.25, 0.3) is 5.91 Å². The van der Waals surface area contributed by atoms with E-state index in [1.165, 1.54) is 6.07 Å². The van der Waals surface area contributed by atoms with Crippen LogP contribution in [-0.4, -0.2) is 11.8 Å². The van der Waals surface area contributed by atoms with Gasteiger partial charge >= 0.3 is 6.18 Å². The molecule has 2 aromatic carbocycles. The summed E-state index contributed by atoms with van der Waals surface area (Å²) in [4.78, 5) is 24.6. The van der Waals surface area contributed by atoms with Gasteiger partial charge in [0.1, 0.15) is 0 Å². The molecule has 0 saturated heterocycles. The second-order valence-electron chi connectivity index (χ2n) is 7.20. The second kappa shape index (κ2) is 8.81. The molecule has 9 heteroatoms. The molecule has 1 fully saturated rings. The van der Waals surface area contributed by atoms with Crippen molar-refractivity contribution < 1.29 is 31.5 Å². The molecule has 0 atom stereocenters. The number of hydrogen-bond acceptors (Lipinski definition) is 2. The Balaban J connectivity index is 1.84. The molecular formula is C21H19F5N2O2. The fraction of sp³-hybridized carbons (Fsp3) is 0.333. The number of nitrogens with one attached hydrogen (secondary N) is 2. The van der Waals surface area contributed by atoms with E-state index in [9.17, 15) is 31.5 Å². The normalized spacial score (nSPS) is 15.0. The molecule has 1 saturated carbocycles. The van der Waals surface area contributed by atoms with Gasteiger partial charge in [0.15, 0.2) is 11.6 Å². The third kappa shape index (κ3) is 5.34. The van der Waals surface area contributed by atoms with Crippen LogP contribution in [0, 0.1) is 17.6 Å². The summed E-state index contributed by atoms with van der Waals surface area (Å²) < 4.78 is 66.2. The van der Waals surface area contributed by atoms with E-state index < -0.39 is 29.3 Å². The molecule has 0 radical (unpaired) electrons. The van der Waals surface area contributed by atoms with Crippen LogP contribution in [-0.2, 0) is 11.0 Å². The molecule has 4 nitrogen and oxygen atoms in total. The summed E-state index contributed by atoms with van der Waals surface area (Å²) >= 11 is 0. The maximum Gasteiger partial charge on any atom is 0.416 e. The van der Waals surface area contributed by atoms with E-state index in [-0.39, 0.29) is 28.8 Å². The maximum atomic E-state index is 13.3. The first-order valence-corrected chi connectivity index (χ1v) is 9.43. The smallest absolute Gasteiger partial charge is 0.326 e. The zero-order valence-electron chi connectivity index (χ0n) is 15.8. The minimum atomic E-state index is -4.72. The van der Waals surface area contributed by atoms with Crippen molar-refractivity contribution in [2.75, 3.05) is 10.6 Å². The van der Waals surface area contributed by atoms with Crippen molar-refractivity contribution in [1.82, 2.24) is 0 Å². The number of benzene rings is 2. The molecule has 2 amide bonds. The highest BCUT2D eigenvalue weighted by Crippen LogP contribution is 2.34. The lowest BCUT2D eigenvalue weighted by molar-refractivity contribution is -0.137. The Labute approximate surface area is 169 Å². The van der Waals surface area contributed by atoms with Gasteiger partial charge in [-0.15, -0.1) is 0 Å². The monoisotopic (exact) mass is 426 g/mol. The highest BCUT2D eigenvalue weighted by atomic mass is 19.4. The van der Waals surface area contributed by atoms with E-state index in [1.54, 1.807) is 0 Å². The van der Waals surface area contributed by atoms with E-state index >= 15 is 0 Å². The zero-order valence-corrected chi connectivity index (χ0v) is 15.8. The molecule has 2 N–H and O–H groups in total. The van der Waals surface area contributed by atoms with Crippen LogP contribution in [0.4, 0.5) is 33.3 Å². The quantitative estimate of drug-likeness (QED) is 0.612. The highest BCUT2D eigenvalue weighted by molar-refractivity contribution is 6.04. The summed E-state index contributed by atoms with van der Waals surface area (Å²) in [5.74, 6) is -3.97. The lowest BCUT2D eigenvalue weighted by Crippen LogP contribution is -2.25. The lowest BCUT2D eigenvalue weighted by atomic mass is 9.88. The molecule has 1 aliphatic rings. The Kier molecular flexibility index (Phi) is 6.38. The molecule has 2 aromatic rings. The van der Waals surface area contributed by atoms with Crippen LogP contribution < -0.4 is 10.6 Å². The van der Waals surface area contributed by atoms with Crippen molar-refractivity contribution in [3.05, 3.63) is 59.2 Å². The molecule has 30 heavy (non-hydrogen) atoms. The van der Waals surface area contributed by atoms with Crippen LogP contribution in [0.2, 0.25) is 0 Å². The minimum absolute atomic E-state index is 0.110. The Morgan fingerprint density at radius 2 is 1.47 bits per heavy atom. The predicted molar refractivity (Wildman–Crippen MR) is 101 cm³/mol. The van der Waals surface area contributed by atoms with Gasteiger partial charge in [-0.3, -0.25) is 9.59 Å². The van der Waals surface area contributed by atoms with Crippen LogP contribution in [0.1, 0.15) is 48.0 Å². The van der Waals surface area contributed by atoms with E-state index in [0.29, 0.717) is 25.0 Å². The van der Waals surface area contributed by atoms with Crippen molar-refractivity contribution in [2.24, 2.45) is 5.92 Å². The SMILES string of the molecule is O=C(Nc1cc(NC(=O)C2CCCCC2)cc(C(F)(F)F)c1)c1ccc(F)c(F)c1. The summed E-state index contributed by atoms with van der Waals surface area (Å²) in [5.41, 5.74) is -1.68. The highest BCUT2D eigenvalue weighted by Gasteiger charge is 2.32. The molecule has 0 bridgehead atoms. The molecule has 1 aliphatic carbocycles. The van der Waals surface area contributed by atoms with Crippen LogP contribution in [0.15, 0.2) is 36.4 Å². The molecule has 160 valence electrons. The zero-order chi connectivity index (χ0) is 21.9. The van der Waals surface area contributed by atoms with Gasteiger partial charge in [-0.05, 0) is 49.2 Å². The van der Waals surface area contributed by atoms with Gasteiger partial charge in [-0.1, -0.05) is 19.3 Å². The first-order chi connectivity index (χ1) is 14.1. The molecular weight excluding hydrogens is 407 g/mol. The number of carbonyl (C=O) groups excluding carboxylic acids is 2. The van der Waals surface area contributed by atoms with Gasteiger partial charge in [0.05, 0.1) is 5.56 Å². The predicted octanol–water partition coefficient (Wildman–Crippen LogP) is 5.75. The third-order valence-corrected chi connectivity index (χ3v) is 4.94. The topological polar surface area (TPSA) is 58.2 Å². The number of anilines is 2. The van der Waals surface area contributed by atoms with E-state index in [2.05, 4.69) is 10.6 Å². The van der Waals surface area contributed by atoms with Gasteiger partial charge in [-0.25, -0.2) is 8.78 Å². The summed E-state index contributed by atoms with van der Waals surface area (Å²) in [7, 11) is 0. The minimum Gasteiger partial charge on any atom is -0.326 e. The fourth-order valence-corrected chi connectivity index (χ4v) is 3.39. The van der Waals surface area contributed by atoms with Crippen molar-refractivity contribution in [3.63, 3.8) is 0 Å². The number of carbonyl (C=O) groups is 2. The molecule has 0 heterocycles. The van der Waals surface area contributed by atoms with Gasteiger partial charge < -0.3 is 10.6 Å². The van der Waals surface area contributed by atoms with Crippen molar-refractivity contribution in [1.29, 1.82) is 0 Å². The summed E-state index contributed by atoms with van der Waals surface area (Å²) in [6.07, 6.45) is -0.581. The summed E-state index contributed by atoms with van der Waals surface area (Å²) in [6, 6.07) is 5.07. The number of halogens is 5. The number of amides is 2. The van der Waals surface area contributed by atoms with Crippen LogP contribution in [0.3, 0.4) is 0 Å². The number of rotatable bonds is 4. The Morgan fingerprint density at radius 3 is 2.07 bits per heavy atom. The summed E-state index contributed by atoms with van der Waals surface area (Å²) in [5, 5.41) is 4.73. The standard InChI is InChI=1S/C21H19F5N2O2/c22-17-7-6-13(8-18(17)23)20(30)28-16-10-14(21(24,25)26)9-15(11-16)27-19(29)12-4-2-1-3-5-12/h6-12H,1-5H2,(H,27,29)(H,28,30). The van der Waals surface area contributed by atoms with Gasteiger partial charge in [0.2, 0.25) is 5.91 Å². The average Bonchev–Trinajstić information content (AvgIpc) is 2.69. The molecule has 0 unspecified atom stereocenters. The Hall–Kier alpha value is -2.97. The van der Waals surface area contributed by atoms with E-state index in [4.69, 9.17) is 0 Å². The first kappa shape index (κ1) is 21.7.